The van der Waals surface area contributed by atoms with E-state index in [9.17, 15) is 4.39 Å². The molecule has 1 aromatic carbocycles. The molecule has 1 rings (SSSR count). The van der Waals surface area contributed by atoms with Crippen LogP contribution in [-0.2, 0) is 6.54 Å². The molecule has 1 aromatic rings. The van der Waals surface area contributed by atoms with Gasteiger partial charge in [0.05, 0.1) is 0 Å². The van der Waals surface area contributed by atoms with Crippen LogP contribution in [0.15, 0.2) is 18.2 Å². The van der Waals surface area contributed by atoms with Crippen LogP contribution in [0.3, 0.4) is 0 Å². The molecular formula is C7H9FNP. The lowest BCUT2D eigenvalue weighted by Crippen LogP contribution is -2.01. The fourth-order valence-electron chi connectivity index (χ4n) is 0.793. The van der Waals surface area contributed by atoms with Crippen LogP contribution in [0.5, 0.6) is 0 Å². The Balaban J connectivity index is 3.06. The van der Waals surface area contributed by atoms with Gasteiger partial charge in [-0.2, -0.15) is 0 Å². The minimum absolute atomic E-state index is 0.229. The summed E-state index contributed by atoms with van der Waals surface area (Å²) in [6.07, 6.45) is 0. The molecule has 0 fully saturated rings. The Bertz CT molecular complexity index is 217. The number of benzene rings is 1. The van der Waals surface area contributed by atoms with Gasteiger partial charge in [-0.25, -0.2) is 4.39 Å². The minimum Gasteiger partial charge on any atom is -0.326 e. The van der Waals surface area contributed by atoms with Crippen molar-refractivity contribution in [1.29, 1.82) is 0 Å². The molecule has 3 heteroatoms. The molecule has 0 bridgehead atoms. The maximum atomic E-state index is 12.5. The Kier molecular flexibility index (Phi) is 2.36. The Labute approximate surface area is 61.6 Å². The van der Waals surface area contributed by atoms with Gasteiger partial charge in [0, 0.05) is 6.54 Å². The van der Waals surface area contributed by atoms with Gasteiger partial charge in [-0.1, -0.05) is 6.07 Å². The third kappa shape index (κ3) is 1.76. The van der Waals surface area contributed by atoms with Crippen LogP contribution in [0.25, 0.3) is 0 Å². The first-order valence-electron chi connectivity index (χ1n) is 2.97. The van der Waals surface area contributed by atoms with Gasteiger partial charge >= 0.3 is 0 Å². The molecule has 0 aromatic heterocycles. The fraction of sp³-hybridized carbons (Fsp3) is 0.143. The monoisotopic (exact) mass is 157 g/mol. The van der Waals surface area contributed by atoms with Crippen molar-refractivity contribution in [3.8, 4) is 0 Å². The Hall–Kier alpha value is -0.460. The first kappa shape index (κ1) is 7.64. The summed E-state index contributed by atoms with van der Waals surface area (Å²) in [6, 6.07) is 4.73. The van der Waals surface area contributed by atoms with E-state index in [1.807, 2.05) is 6.07 Å². The Morgan fingerprint density at radius 1 is 1.40 bits per heavy atom. The van der Waals surface area contributed by atoms with E-state index in [1.54, 1.807) is 0 Å². The number of hydrogen-bond donors (Lipinski definition) is 1. The van der Waals surface area contributed by atoms with Crippen molar-refractivity contribution in [3.05, 3.63) is 29.6 Å². The summed E-state index contributed by atoms with van der Waals surface area (Å²) in [7, 11) is 2.43. The van der Waals surface area contributed by atoms with E-state index in [4.69, 9.17) is 5.73 Å². The minimum atomic E-state index is -0.229. The highest BCUT2D eigenvalue weighted by Crippen LogP contribution is 2.02. The molecule has 0 aliphatic carbocycles. The van der Waals surface area contributed by atoms with Crippen molar-refractivity contribution in [2.45, 2.75) is 6.54 Å². The summed E-state index contributed by atoms with van der Waals surface area (Å²) in [5, 5.41) is 0.834. The van der Waals surface area contributed by atoms with Crippen molar-refractivity contribution in [2.24, 2.45) is 5.73 Å². The van der Waals surface area contributed by atoms with Crippen LogP contribution < -0.4 is 11.0 Å². The predicted molar refractivity (Wildman–Crippen MR) is 43.6 cm³/mol. The molecule has 0 spiro atoms. The van der Waals surface area contributed by atoms with Crippen LogP contribution in [0.4, 0.5) is 4.39 Å². The van der Waals surface area contributed by atoms with Gasteiger partial charge < -0.3 is 5.73 Å². The molecule has 0 saturated heterocycles. The van der Waals surface area contributed by atoms with E-state index < -0.39 is 0 Å². The standard InChI is InChI=1S/C7H9FNP/c8-6-1-5(4-9)2-7(10)3-6/h1-3H,4,9-10H2. The molecule has 0 aliphatic rings. The largest absolute Gasteiger partial charge is 0.326 e. The number of rotatable bonds is 1. The van der Waals surface area contributed by atoms with Gasteiger partial charge in [0.15, 0.2) is 0 Å². The summed E-state index contributed by atoms with van der Waals surface area (Å²) in [5.41, 5.74) is 6.14. The first-order valence-corrected chi connectivity index (χ1v) is 3.55. The van der Waals surface area contributed by atoms with Gasteiger partial charge in [0.2, 0.25) is 0 Å². The van der Waals surface area contributed by atoms with Gasteiger partial charge in [-0.3, -0.25) is 0 Å². The zero-order chi connectivity index (χ0) is 7.56. The molecule has 1 unspecified atom stereocenters. The zero-order valence-corrected chi connectivity index (χ0v) is 6.63. The molecule has 0 heterocycles. The van der Waals surface area contributed by atoms with Crippen molar-refractivity contribution in [3.63, 3.8) is 0 Å². The maximum absolute atomic E-state index is 12.5. The number of halogens is 1. The fourth-order valence-corrected chi connectivity index (χ4v) is 1.17. The molecule has 54 valence electrons. The molecule has 0 aliphatic heterocycles. The second-order valence-electron chi connectivity index (χ2n) is 2.10. The zero-order valence-electron chi connectivity index (χ0n) is 5.47. The molecule has 1 nitrogen and oxygen atoms in total. The first-order chi connectivity index (χ1) is 4.72. The summed E-state index contributed by atoms with van der Waals surface area (Å²) in [4.78, 5) is 0. The third-order valence-corrected chi connectivity index (χ3v) is 1.55. The van der Waals surface area contributed by atoms with E-state index in [1.165, 1.54) is 12.1 Å². The average molecular weight is 157 g/mol. The number of hydrogen-bond acceptors (Lipinski definition) is 1. The summed E-state index contributed by atoms with van der Waals surface area (Å²) >= 11 is 0. The summed E-state index contributed by atoms with van der Waals surface area (Å²) < 4.78 is 12.5. The maximum Gasteiger partial charge on any atom is 0.124 e. The highest BCUT2D eigenvalue weighted by atomic mass is 31.0. The van der Waals surface area contributed by atoms with Crippen molar-refractivity contribution < 1.29 is 4.39 Å². The van der Waals surface area contributed by atoms with Crippen LogP contribution in [0, 0.1) is 5.82 Å². The second kappa shape index (κ2) is 3.09. The van der Waals surface area contributed by atoms with Crippen LogP contribution in [0.2, 0.25) is 0 Å². The van der Waals surface area contributed by atoms with E-state index in [0.717, 1.165) is 10.9 Å². The summed E-state index contributed by atoms with van der Waals surface area (Å²) in [5.74, 6) is -0.229. The lowest BCUT2D eigenvalue weighted by atomic mass is 10.2. The van der Waals surface area contributed by atoms with Gasteiger partial charge in [-0.15, -0.1) is 9.24 Å². The van der Waals surface area contributed by atoms with Crippen LogP contribution in [-0.4, -0.2) is 0 Å². The second-order valence-corrected chi connectivity index (χ2v) is 2.76. The van der Waals surface area contributed by atoms with Crippen LogP contribution in [0.1, 0.15) is 5.56 Å². The van der Waals surface area contributed by atoms with E-state index >= 15 is 0 Å². The highest BCUT2D eigenvalue weighted by molar-refractivity contribution is 7.27. The average Bonchev–Trinajstić information content (AvgIpc) is 1.85. The molecule has 10 heavy (non-hydrogen) atoms. The molecule has 0 radical (unpaired) electrons. The van der Waals surface area contributed by atoms with Gasteiger partial charge in [0.1, 0.15) is 5.82 Å². The molecular weight excluding hydrogens is 148 g/mol. The molecule has 0 saturated carbocycles. The van der Waals surface area contributed by atoms with E-state index in [2.05, 4.69) is 9.24 Å². The SMILES string of the molecule is NCc1cc(F)cc(P)c1. The molecule has 2 N–H and O–H groups in total. The van der Waals surface area contributed by atoms with Gasteiger partial charge in [0.25, 0.3) is 0 Å². The molecule has 0 amide bonds. The van der Waals surface area contributed by atoms with E-state index in [-0.39, 0.29) is 5.82 Å². The lowest BCUT2D eigenvalue weighted by Gasteiger charge is -1.97. The van der Waals surface area contributed by atoms with E-state index in [0.29, 0.717) is 6.54 Å². The Morgan fingerprint density at radius 2 is 2.10 bits per heavy atom. The third-order valence-electron chi connectivity index (χ3n) is 1.22. The molecule has 1 atom stereocenters. The summed E-state index contributed by atoms with van der Waals surface area (Å²) in [6.45, 7) is 0.388. The Morgan fingerprint density at radius 3 is 2.60 bits per heavy atom. The predicted octanol–water partition coefficient (Wildman–Crippen LogP) is 0.785. The van der Waals surface area contributed by atoms with Crippen molar-refractivity contribution in [1.82, 2.24) is 0 Å². The number of nitrogens with two attached hydrogens (primary N) is 1. The quantitative estimate of drug-likeness (QED) is 0.599. The normalized spacial score (nSPS) is 9.90. The van der Waals surface area contributed by atoms with Gasteiger partial charge in [-0.05, 0) is 23.0 Å². The van der Waals surface area contributed by atoms with Crippen LogP contribution >= 0.6 is 9.24 Å². The lowest BCUT2D eigenvalue weighted by molar-refractivity contribution is 0.627. The van der Waals surface area contributed by atoms with Crippen molar-refractivity contribution in [2.75, 3.05) is 0 Å². The van der Waals surface area contributed by atoms with Crippen molar-refractivity contribution >= 4 is 14.5 Å². The highest BCUT2D eigenvalue weighted by Gasteiger charge is 1.94. The smallest absolute Gasteiger partial charge is 0.124 e. The topological polar surface area (TPSA) is 26.0 Å².